The van der Waals surface area contributed by atoms with Crippen molar-refractivity contribution in [2.75, 3.05) is 0 Å². The summed E-state index contributed by atoms with van der Waals surface area (Å²) in [7, 11) is 0. The minimum absolute atomic E-state index is 0.124. The molecule has 0 heterocycles. The van der Waals surface area contributed by atoms with Crippen molar-refractivity contribution in [3.8, 4) is 0 Å². The van der Waals surface area contributed by atoms with Gasteiger partial charge in [0.2, 0.25) is 0 Å². The second kappa shape index (κ2) is 16.3. The van der Waals surface area contributed by atoms with Gasteiger partial charge >= 0.3 is 137 Å². The summed E-state index contributed by atoms with van der Waals surface area (Å²) >= 11 is 0.493. The number of halogens is 6. The van der Waals surface area contributed by atoms with Gasteiger partial charge in [-0.1, -0.05) is 117 Å². The first kappa shape index (κ1) is 45.1. The standard InChI is InChI=1S/C29H41.C15H8F6.C5H5.Hf/c1-26(2,3)22-14-18-13-19-15-23(27(4,5)6)25(29(10,11)12)17-21(19)20(18)16-24(22)28(7,8)9;16-14(17,18)12-5-1-10(2-6-12)9-11-3-7-13(8-4-11)15(19,20)21;1-2-4-5-3-1;/h13-17H,1-12H3;1-8H;1-5H;/q-1;;-1;+2. The van der Waals surface area contributed by atoms with Crippen molar-refractivity contribution < 1.29 is 50.2 Å². The Hall–Kier alpha value is -3.58. The van der Waals surface area contributed by atoms with Gasteiger partial charge in [0.1, 0.15) is 0 Å². The first-order valence-corrected chi connectivity index (χ1v) is 20.6. The number of alkyl halides is 6. The van der Waals surface area contributed by atoms with E-state index >= 15 is 0 Å². The van der Waals surface area contributed by atoms with Gasteiger partial charge < -0.3 is 0 Å². The average molecular weight is 935 g/mol. The molecule has 56 heavy (non-hydrogen) atoms. The van der Waals surface area contributed by atoms with Gasteiger partial charge in [-0.05, 0) is 21.7 Å². The van der Waals surface area contributed by atoms with Crippen LogP contribution in [0.2, 0.25) is 0 Å². The first-order valence-electron chi connectivity index (χ1n) is 18.8. The molecule has 0 saturated carbocycles. The van der Waals surface area contributed by atoms with Crippen LogP contribution in [0, 0.1) is 0 Å². The zero-order chi connectivity index (χ0) is 42.2. The fourth-order valence-electron chi connectivity index (χ4n) is 6.73. The van der Waals surface area contributed by atoms with Gasteiger partial charge in [-0.3, -0.25) is 0 Å². The maximum absolute atomic E-state index is 12.5. The number of hydrogen-bond acceptors (Lipinski definition) is 0. The Morgan fingerprint density at radius 1 is 0.446 bits per heavy atom. The molecule has 0 aliphatic rings. The second-order valence-corrected chi connectivity index (χ2v) is 20.4. The van der Waals surface area contributed by atoms with E-state index in [1.54, 1.807) is 0 Å². The topological polar surface area (TPSA) is 0 Å². The SMILES string of the molecule is CC(C)(C)c1cc2[cH-]c3cc(C(C)(C)C)c(C(C)(C)C)cc3c2cc1C(C)(C)C.FC(F)(F)c1ccc([C](=[Hf+2])c2ccc(C(F)(F)F)cc2)cc1.c1cc[cH-]c1. The maximum atomic E-state index is 12.5. The maximum Gasteiger partial charge on any atom is -0.172 e. The van der Waals surface area contributed by atoms with Crippen molar-refractivity contribution in [2.45, 2.75) is 117 Å². The Morgan fingerprint density at radius 3 is 0.964 bits per heavy atom. The van der Waals surface area contributed by atoms with Gasteiger partial charge in [-0.15, -0.1) is 39.7 Å². The normalized spacial score (nSPS) is 12.9. The average Bonchev–Trinajstić information content (AvgIpc) is 3.77. The van der Waals surface area contributed by atoms with Gasteiger partial charge in [0.25, 0.3) is 0 Å². The zero-order valence-electron chi connectivity index (χ0n) is 34.7. The van der Waals surface area contributed by atoms with E-state index in [1.807, 2.05) is 30.3 Å². The zero-order valence-corrected chi connectivity index (χ0v) is 38.3. The van der Waals surface area contributed by atoms with Crippen molar-refractivity contribution in [1.29, 1.82) is 0 Å². The number of rotatable bonds is 2. The van der Waals surface area contributed by atoms with Crippen LogP contribution in [-0.4, -0.2) is 3.26 Å². The molecule has 6 aromatic rings. The Kier molecular flexibility index (Phi) is 13.2. The number of benzene rings is 4. The fourth-order valence-corrected chi connectivity index (χ4v) is 7.92. The molecule has 0 spiro atoms. The molecule has 296 valence electrons. The largest absolute Gasteiger partial charge is 0.214 e. The monoisotopic (exact) mass is 936 g/mol. The Labute approximate surface area is 344 Å². The van der Waals surface area contributed by atoms with Crippen LogP contribution in [0.25, 0.3) is 21.5 Å². The van der Waals surface area contributed by atoms with Crippen molar-refractivity contribution in [2.24, 2.45) is 0 Å². The summed E-state index contributed by atoms with van der Waals surface area (Å²) in [6.07, 6.45) is -8.81. The van der Waals surface area contributed by atoms with Crippen LogP contribution in [0.4, 0.5) is 26.3 Å². The molecule has 0 aromatic heterocycles. The summed E-state index contributed by atoms with van der Waals surface area (Å²) in [5.74, 6) is 0. The quantitative estimate of drug-likeness (QED) is 0.0922. The molecule has 0 bridgehead atoms. The molecule has 0 unspecified atom stereocenters. The summed E-state index contributed by atoms with van der Waals surface area (Å²) in [5, 5.41) is 5.57. The Bertz CT molecular complexity index is 2070. The Morgan fingerprint density at radius 2 is 0.732 bits per heavy atom. The fraction of sp³-hybridized carbons (Fsp3) is 0.367. The van der Waals surface area contributed by atoms with Gasteiger partial charge in [0.15, 0.2) is 0 Å². The number of fused-ring (bicyclic) bond motifs is 3. The molecule has 0 amide bonds. The molecule has 7 heteroatoms. The van der Waals surface area contributed by atoms with Crippen molar-refractivity contribution >= 4 is 24.8 Å². The van der Waals surface area contributed by atoms with E-state index in [4.69, 9.17) is 0 Å². The molecule has 0 aliphatic carbocycles. The molecule has 0 aliphatic heterocycles. The molecule has 0 nitrogen and oxygen atoms in total. The molecule has 6 aromatic carbocycles. The Balaban J connectivity index is 0.000000227. The van der Waals surface area contributed by atoms with E-state index in [1.165, 1.54) is 68.1 Å². The predicted octanol–water partition coefficient (Wildman–Crippen LogP) is 15.1. The third kappa shape index (κ3) is 11.1. The van der Waals surface area contributed by atoms with Crippen molar-refractivity contribution in [1.82, 2.24) is 0 Å². The van der Waals surface area contributed by atoms with Crippen LogP contribution < -0.4 is 0 Å². The summed E-state index contributed by atoms with van der Waals surface area (Å²) in [4.78, 5) is 0. The molecule has 0 radical (unpaired) electrons. The van der Waals surface area contributed by atoms with Crippen LogP contribution in [0.3, 0.4) is 0 Å². The molecule has 0 saturated heterocycles. The van der Waals surface area contributed by atoms with Crippen molar-refractivity contribution in [3.63, 3.8) is 0 Å². The van der Waals surface area contributed by atoms with Gasteiger partial charge in [-0.25, -0.2) is 12.1 Å². The number of hydrogen-bond donors (Lipinski definition) is 0. The predicted molar refractivity (Wildman–Crippen MR) is 220 cm³/mol. The van der Waals surface area contributed by atoms with E-state index in [0.29, 0.717) is 35.0 Å². The van der Waals surface area contributed by atoms with Crippen LogP contribution in [-0.2, 0) is 57.9 Å². The van der Waals surface area contributed by atoms with Gasteiger partial charge in [0.05, 0.1) is 0 Å². The van der Waals surface area contributed by atoms with E-state index in [2.05, 4.69) is 113 Å². The summed E-state index contributed by atoms with van der Waals surface area (Å²) in [6.45, 7) is 28.0. The van der Waals surface area contributed by atoms with Crippen LogP contribution in [0.15, 0.2) is 109 Å². The van der Waals surface area contributed by atoms with E-state index in [0.717, 1.165) is 27.5 Å². The molecular formula is C49H54F6Hf. The van der Waals surface area contributed by atoms with Gasteiger partial charge in [0, 0.05) is 0 Å². The van der Waals surface area contributed by atoms with E-state index in [-0.39, 0.29) is 21.7 Å². The molecular weight excluding hydrogens is 881 g/mol. The minimum Gasteiger partial charge on any atom is -0.214 e. The summed E-state index contributed by atoms with van der Waals surface area (Å²) in [5.41, 5.74) is 6.07. The third-order valence-electron chi connectivity index (χ3n) is 9.77. The molecule has 0 N–H and O–H groups in total. The summed E-state index contributed by atoms with van der Waals surface area (Å²) < 4.78 is 75.7. The molecule has 0 fully saturated rings. The molecule has 0 atom stereocenters. The smallest absolute Gasteiger partial charge is 0.172 e. The van der Waals surface area contributed by atoms with Crippen LogP contribution in [0.1, 0.15) is 128 Å². The van der Waals surface area contributed by atoms with Crippen LogP contribution in [0.5, 0.6) is 0 Å². The van der Waals surface area contributed by atoms with E-state index < -0.39 is 23.5 Å². The van der Waals surface area contributed by atoms with Gasteiger partial charge in [-0.2, -0.15) is 18.2 Å². The summed E-state index contributed by atoms with van der Waals surface area (Å²) in [6, 6.07) is 31.5. The van der Waals surface area contributed by atoms with Crippen LogP contribution >= 0.6 is 0 Å². The molecule has 6 rings (SSSR count). The third-order valence-corrected chi connectivity index (χ3v) is 11.8. The first-order chi connectivity index (χ1) is 25.5. The second-order valence-electron chi connectivity index (χ2n) is 18.6. The van der Waals surface area contributed by atoms with Crippen molar-refractivity contribution in [3.05, 3.63) is 154 Å². The minimum atomic E-state index is -4.40. The van der Waals surface area contributed by atoms with E-state index in [9.17, 15) is 26.3 Å².